The summed E-state index contributed by atoms with van der Waals surface area (Å²) in [6, 6.07) is 14.5. The number of imidazole rings is 2. The van der Waals surface area contributed by atoms with E-state index in [0.717, 1.165) is 72.2 Å². The molecule has 4 aromatic heterocycles. The van der Waals surface area contributed by atoms with Crippen LogP contribution >= 0.6 is 22.7 Å². The summed E-state index contributed by atoms with van der Waals surface area (Å²) >= 11 is 3.28. The average Bonchev–Trinajstić information content (AvgIpc) is 4.18. The van der Waals surface area contributed by atoms with E-state index in [4.69, 9.17) is 38.4 Å². The van der Waals surface area contributed by atoms with Gasteiger partial charge in [-0.1, -0.05) is 6.08 Å². The van der Waals surface area contributed by atoms with E-state index in [-0.39, 0.29) is 24.0 Å². The first kappa shape index (κ1) is 49.6. The lowest BCUT2D eigenvalue weighted by molar-refractivity contribution is -0.0521. The summed E-state index contributed by atoms with van der Waals surface area (Å²) in [6.45, 7) is 19.1. The minimum atomic E-state index is -0.652. The fraction of sp³-hybridized carbons (Fsp3) is 0.464. The maximum absolute atomic E-state index is 15.3. The summed E-state index contributed by atoms with van der Waals surface area (Å²) in [7, 11) is 3.34. The van der Waals surface area contributed by atoms with Crippen molar-refractivity contribution < 1.29 is 38.0 Å². The molecule has 4 aliphatic rings. The molecule has 2 amide bonds. The van der Waals surface area contributed by atoms with Crippen LogP contribution in [0.2, 0.25) is 0 Å². The highest BCUT2D eigenvalue weighted by Gasteiger charge is 2.43. The molecule has 10 rings (SSSR count). The van der Waals surface area contributed by atoms with Gasteiger partial charge in [-0.15, -0.1) is 22.7 Å². The molecule has 16 heteroatoms. The Morgan fingerprint density at radius 1 is 0.764 bits per heavy atom. The summed E-state index contributed by atoms with van der Waals surface area (Å²) in [6.07, 6.45) is 7.74. The quantitative estimate of drug-likeness (QED) is 0.104. The van der Waals surface area contributed by atoms with E-state index in [1.807, 2.05) is 56.6 Å². The molecule has 72 heavy (non-hydrogen) atoms. The number of amides is 2. The Bertz CT molecular complexity index is 3070. The lowest BCUT2D eigenvalue weighted by atomic mass is 9.91. The van der Waals surface area contributed by atoms with Crippen molar-refractivity contribution in [2.45, 2.75) is 117 Å². The first-order valence-electron chi connectivity index (χ1n) is 25.2. The summed E-state index contributed by atoms with van der Waals surface area (Å²) in [5.41, 5.74) is 6.77. The largest absolute Gasteiger partial charge is 0.493 e. The number of hydrogen-bond acceptors (Lipinski definition) is 12. The smallest absolute Gasteiger partial charge is 0.274 e. The first-order valence-corrected chi connectivity index (χ1v) is 26.9. The van der Waals surface area contributed by atoms with Crippen LogP contribution in [0.25, 0.3) is 38.9 Å². The zero-order valence-corrected chi connectivity index (χ0v) is 44.8. The fourth-order valence-electron chi connectivity index (χ4n) is 10.8. The molecule has 2 aromatic carbocycles. The number of carbonyl (C=O) groups is 2. The molecule has 0 radical (unpaired) electrons. The van der Waals surface area contributed by atoms with Crippen molar-refractivity contribution in [3.05, 3.63) is 98.3 Å². The van der Waals surface area contributed by atoms with Crippen LogP contribution in [0.1, 0.15) is 115 Å². The van der Waals surface area contributed by atoms with Crippen molar-refractivity contribution in [3.63, 3.8) is 0 Å². The van der Waals surface area contributed by atoms with E-state index in [0.29, 0.717) is 106 Å². The molecule has 0 bridgehead atoms. The van der Waals surface area contributed by atoms with Crippen LogP contribution in [0.4, 0.5) is 0 Å². The van der Waals surface area contributed by atoms with Crippen molar-refractivity contribution in [2.75, 3.05) is 53.7 Å². The number of benzene rings is 2. The van der Waals surface area contributed by atoms with Gasteiger partial charge in [0.05, 0.1) is 96.4 Å². The Hall–Kier alpha value is -5.94. The van der Waals surface area contributed by atoms with Crippen LogP contribution in [-0.4, -0.2) is 118 Å². The Morgan fingerprint density at radius 3 is 1.96 bits per heavy atom. The zero-order chi connectivity index (χ0) is 50.6. The lowest BCUT2D eigenvalue weighted by Crippen LogP contribution is -2.57. The zero-order valence-electron chi connectivity index (χ0n) is 43.2. The molecule has 14 nitrogen and oxygen atoms in total. The van der Waals surface area contributed by atoms with Crippen molar-refractivity contribution >= 4 is 40.6 Å². The number of nitrogens with zero attached hydrogens (tertiary/aromatic N) is 6. The maximum Gasteiger partial charge on any atom is 0.274 e. The van der Waals surface area contributed by atoms with Crippen molar-refractivity contribution in [3.8, 4) is 55.8 Å². The van der Waals surface area contributed by atoms with Gasteiger partial charge in [0, 0.05) is 30.1 Å². The van der Waals surface area contributed by atoms with Crippen LogP contribution in [0.5, 0.6) is 23.0 Å². The molecule has 4 aliphatic heterocycles. The predicted molar refractivity (Wildman–Crippen MR) is 282 cm³/mol. The summed E-state index contributed by atoms with van der Waals surface area (Å²) in [5, 5.41) is 2.07. The van der Waals surface area contributed by atoms with Gasteiger partial charge in [-0.2, -0.15) is 0 Å². The van der Waals surface area contributed by atoms with Gasteiger partial charge in [0.1, 0.15) is 0 Å². The minimum absolute atomic E-state index is 0.0624. The second kappa shape index (κ2) is 19.8. The third-order valence-corrected chi connectivity index (χ3v) is 16.6. The highest BCUT2D eigenvalue weighted by molar-refractivity contribution is 7.16. The third-order valence-electron chi connectivity index (χ3n) is 14.5. The van der Waals surface area contributed by atoms with Crippen LogP contribution in [0.15, 0.2) is 53.9 Å². The standard InChI is InChI=1S/C56H66N6O8S2/c1-11-12-38-15-18-47(72-38)51-57-49(39-16-13-36-27-43(65-9)45(69-33(2)3)29-41(36)61(39)51)54(64)60-23-25-68-32-56(60,8)21-19-35(5)70-46-30-42-37(28-44(46)66-10)14-17-40-48(53(63)59-22-24-67-31-55(59,6)7)58-52(62(40)42)50-34(4)20-26-71-50/h11-12,15,18,20,26-30,33,35H,13-14,16-17,19,21-25,31-32H2,1-10H3/b12-11+. The molecule has 6 aromatic rings. The number of aryl methyl sites for hydroxylation is 3. The number of aromatic nitrogens is 4. The predicted octanol–water partition coefficient (Wildman–Crippen LogP) is 10.6. The second-order valence-corrected chi connectivity index (χ2v) is 22.5. The van der Waals surface area contributed by atoms with Crippen LogP contribution < -0.4 is 18.9 Å². The molecular weight excluding hydrogens is 949 g/mol. The number of ether oxygens (including phenoxy) is 6. The van der Waals surface area contributed by atoms with E-state index < -0.39 is 11.1 Å². The molecule has 2 atom stereocenters. The molecule has 0 saturated carbocycles. The van der Waals surface area contributed by atoms with E-state index in [9.17, 15) is 4.79 Å². The van der Waals surface area contributed by atoms with Gasteiger partial charge in [-0.3, -0.25) is 18.7 Å². The van der Waals surface area contributed by atoms with E-state index in [1.165, 1.54) is 0 Å². The first-order chi connectivity index (χ1) is 34.6. The van der Waals surface area contributed by atoms with Crippen LogP contribution in [-0.2, 0) is 35.2 Å². The Balaban J connectivity index is 0.945. The molecule has 2 fully saturated rings. The number of rotatable bonds is 14. The Morgan fingerprint density at radius 2 is 1.36 bits per heavy atom. The molecule has 2 unspecified atom stereocenters. The van der Waals surface area contributed by atoms with Gasteiger partial charge in [0.25, 0.3) is 11.8 Å². The summed E-state index contributed by atoms with van der Waals surface area (Å²) in [4.78, 5) is 47.2. The molecule has 0 spiro atoms. The molecule has 0 aliphatic carbocycles. The average molecular weight is 1020 g/mol. The van der Waals surface area contributed by atoms with Gasteiger partial charge in [-0.05, 0) is 152 Å². The number of allylic oxidation sites excluding steroid dienone is 1. The second-order valence-electron chi connectivity index (χ2n) is 20.5. The highest BCUT2D eigenvalue weighted by atomic mass is 32.1. The monoisotopic (exact) mass is 1010 g/mol. The van der Waals surface area contributed by atoms with Gasteiger partial charge < -0.3 is 38.2 Å². The highest BCUT2D eigenvalue weighted by Crippen LogP contribution is 2.44. The van der Waals surface area contributed by atoms with Crippen molar-refractivity contribution in [2.24, 2.45) is 0 Å². The minimum Gasteiger partial charge on any atom is -0.493 e. The number of methoxy groups -OCH3 is 2. The van der Waals surface area contributed by atoms with Gasteiger partial charge in [0.15, 0.2) is 46.0 Å². The van der Waals surface area contributed by atoms with Gasteiger partial charge >= 0.3 is 0 Å². The normalized spacial score (nSPS) is 18.7. The number of morpholine rings is 2. The molecule has 0 N–H and O–H groups in total. The van der Waals surface area contributed by atoms with Crippen molar-refractivity contribution in [1.82, 2.24) is 28.9 Å². The van der Waals surface area contributed by atoms with Crippen molar-refractivity contribution in [1.29, 1.82) is 0 Å². The Labute approximate surface area is 430 Å². The molecule has 8 heterocycles. The van der Waals surface area contributed by atoms with Gasteiger partial charge in [-0.25, -0.2) is 9.97 Å². The number of carbonyl (C=O) groups excluding carboxylic acids is 2. The maximum atomic E-state index is 15.3. The fourth-order valence-corrected chi connectivity index (χ4v) is 12.6. The van der Waals surface area contributed by atoms with Crippen LogP contribution in [0.3, 0.4) is 0 Å². The summed E-state index contributed by atoms with van der Waals surface area (Å²) in [5.74, 6) is 3.87. The third kappa shape index (κ3) is 9.02. The molecule has 380 valence electrons. The van der Waals surface area contributed by atoms with Crippen LogP contribution in [0, 0.1) is 6.92 Å². The lowest BCUT2D eigenvalue weighted by Gasteiger charge is -2.45. The number of fused-ring (bicyclic) bond motifs is 6. The summed E-state index contributed by atoms with van der Waals surface area (Å²) < 4.78 is 41.3. The molecular formula is C56H66N6O8S2. The number of thiophene rings is 2. The van der Waals surface area contributed by atoms with E-state index >= 15 is 4.79 Å². The SMILES string of the molecule is C/C=C/c1ccc(-c2nc(C(=O)N3CCOCC3(C)CCC(C)Oc3cc4c(cc3OC)CCc3c(C(=O)N5CCOCC5(C)C)nc(-c5sccc5C)n3-4)c3n2-c2cc(OC(C)C)c(OC)cc2CC3)s1. The topological polar surface area (TPSA) is 132 Å². The van der Waals surface area contributed by atoms with Gasteiger partial charge in [0.2, 0.25) is 0 Å². The van der Waals surface area contributed by atoms with E-state index in [1.54, 1.807) is 36.9 Å². The van der Waals surface area contributed by atoms with E-state index in [2.05, 4.69) is 77.8 Å². The number of hydrogen-bond donors (Lipinski definition) is 0. The Kier molecular flexibility index (Phi) is 13.7. The molecule has 2 saturated heterocycles.